The predicted molar refractivity (Wildman–Crippen MR) is 94.4 cm³/mol. The van der Waals surface area contributed by atoms with Crippen LogP contribution in [-0.4, -0.2) is 63.6 Å². The van der Waals surface area contributed by atoms with Gasteiger partial charge in [0.15, 0.2) is 5.96 Å². The molecular weight excluding hydrogens is 306 g/mol. The lowest BCUT2D eigenvalue weighted by Crippen LogP contribution is -2.41. The largest absolute Gasteiger partial charge is 0.378 e. The Morgan fingerprint density at radius 3 is 2.96 bits per heavy atom. The molecule has 24 heavy (non-hydrogen) atoms. The first-order valence-corrected chi connectivity index (χ1v) is 8.69. The molecule has 1 unspecified atom stereocenters. The Morgan fingerprint density at radius 1 is 1.33 bits per heavy atom. The van der Waals surface area contributed by atoms with Gasteiger partial charge >= 0.3 is 0 Å². The third-order valence-electron chi connectivity index (χ3n) is 4.37. The second kappa shape index (κ2) is 8.84. The number of morpholine rings is 1. The second-order valence-corrected chi connectivity index (χ2v) is 6.03. The molecule has 132 valence electrons. The van der Waals surface area contributed by atoms with E-state index in [1.165, 1.54) is 5.56 Å². The van der Waals surface area contributed by atoms with Crippen LogP contribution < -0.4 is 15.5 Å². The highest BCUT2D eigenvalue weighted by atomic mass is 16.5. The fourth-order valence-electron chi connectivity index (χ4n) is 3.04. The average molecular weight is 333 g/mol. The zero-order valence-electron chi connectivity index (χ0n) is 14.3. The molecular formula is C17H27N5O2. The van der Waals surface area contributed by atoms with Crippen LogP contribution >= 0.6 is 0 Å². The van der Waals surface area contributed by atoms with E-state index >= 15 is 0 Å². The number of guanidine groups is 1. The lowest BCUT2D eigenvalue weighted by molar-refractivity contribution is 0.114. The first kappa shape index (κ1) is 17.0. The summed E-state index contributed by atoms with van der Waals surface area (Å²) in [6, 6.07) is 4.08. The van der Waals surface area contributed by atoms with E-state index in [0.717, 1.165) is 64.1 Å². The lowest BCUT2D eigenvalue weighted by atomic mass is 10.2. The van der Waals surface area contributed by atoms with Gasteiger partial charge in [0, 0.05) is 51.6 Å². The molecule has 7 nitrogen and oxygen atoms in total. The van der Waals surface area contributed by atoms with Crippen LogP contribution in [0, 0.1) is 0 Å². The Kier molecular flexibility index (Phi) is 6.26. The number of aliphatic imine (C=N–C) groups is 1. The monoisotopic (exact) mass is 333 g/mol. The molecule has 2 aliphatic heterocycles. The molecule has 0 bridgehead atoms. The number of hydrogen-bond acceptors (Lipinski definition) is 5. The minimum Gasteiger partial charge on any atom is -0.378 e. The summed E-state index contributed by atoms with van der Waals surface area (Å²) in [5.74, 6) is 1.82. The van der Waals surface area contributed by atoms with Crippen LogP contribution in [0.25, 0.3) is 0 Å². The Balaban J connectivity index is 1.54. The van der Waals surface area contributed by atoms with Crippen LogP contribution in [0.2, 0.25) is 0 Å². The van der Waals surface area contributed by atoms with Crippen molar-refractivity contribution in [1.82, 2.24) is 15.6 Å². The van der Waals surface area contributed by atoms with Crippen molar-refractivity contribution < 1.29 is 9.47 Å². The Bertz CT molecular complexity index is 540. The van der Waals surface area contributed by atoms with Gasteiger partial charge in [0.1, 0.15) is 5.82 Å². The van der Waals surface area contributed by atoms with Gasteiger partial charge < -0.3 is 25.0 Å². The van der Waals surface area contributed by atoms with Gasteiger partial charge in [0.05, 0.1) is 19.3 Å². The quantitative estimate of drug-likeness (QED) is 0.612. The standard InChI is InChI=1S/C17H27N5O2/c1-18-17(21-13-15-5-3-9-24-15)20-12-14-4-2-6-19-16(14)22-7-10-23-11-8-22/h2,4,6,15H,3,5,7-13H2,1H3,(H2,18,20,21). The van der Waals surface area contributed by atoms with Gasteiger partial charge in [-0.15, -0.1) is 0 Å². The summed E-state index contributed by atoms with van der Waals surface area (Å²) in [6.07, 6.45) is 4.41. The molecule has 0 aromatic carbocycles. The molecule has 7 heteroatoms. The van der Waals surface area contributed by atoms with E-state index in [1.807, 2.05) is 12.3 Å². The minimum atomic E-state index is 0.297. The number of hydrogen-bond donors (Lipinski definition) is 2. The molecule has 1 aromatic rings. The minimum absolute atomic E-state index is 0.297. The van der Waals surface area contributed by atoms with Crippen molar-refractivity contribution in [3.8, 4) is 0 Å². The predicted octanol–water partition coefficient (Wildman–Crippen LogP) is 0.762. The van der Waals surface area contributed by atoms with E-state index in [-0.39, 0.29) is 0 Å². The second-order valence-electron chi connectivity index (χ2n) is 6.03. The van der Waals surface area contributed by atoms with Crippen LogP contribution in [-0.2, 0) is 16.0 Å². The Hall–Kier alpha value is -1.86. The van der Waals surface area contributed by atoms with Crippen molar-refractivity contribution >= 4 is 11.8 Å². The lowest BCUT2D eigenvalue weighted by Gasteiger charge is -2.29. The maximum atomic E-state index is 5.64. The zero-order chi connectivity index (χ0) is 16.6. The molecule has 2 N–H and O–H groups in total. The number of anilines is 1. The summed E-state index contributed by atoms with van der Waals surface area (Å²) >= 11 is 0. The topological polar surface area (TPSA) is 71.0 Å². The fourth-order valence-corrected chi connectivity index (χ4v) is 3.04. The maximum absolute atomic E-state index is 5.64. The van der Waals surface area contributed by atoms with Crippen molar-refractivity contribution in [3.63, 3.8) is 0 Å². The van der Waals surface area contributed by atoms with E-state index < -0.39 is 0 Å². The van der Waals surface area contributed by atoms with Crippen LogP contribution in [0.1, 0.15) is 18.4 Å². The van der Waals surface area contributed by atoms with Crippen molar-refractivity contribution in [3.05, 3.63) is 23.9 Å². The van der Waals surface area contributed by atoms with Crippen LogP contribution in [0.3, 0.4) is 0 Å². The van der Waals surface area contributed by atoms with Crippen LogP contribution in [0.4, 0.5) is 5.82 Å². The van der Waals surface area contributed by atoms with Crippen LogP contribution in [0.5, 0.6) is 0 Å². The molecule has 1 atom stereocenters. The number of nitrogens with zero attached hydrogens (tertiary/aromatic N) is 3. The molecule has 0 saturated carbocycles. The van der Waals surface area contributed by atoms with Crippen LogP contribution in [0.15, 0.2) is 23.3 Å². The number of aromatic nitrogens is 1. The van der Waals surface area contributed by atoms with Gasteiger partial charge in [0.2, 0.25) is 0 Å². The molecule has 0 amide bonds. The van der Waals surface area contributed by atoms with E-state index in [1.54, 1.807) is 7.05 Å². The first-order chi connectivity index (χ1) is 11.9. The third-order valence-corrected chi connectivity index (χ3v) is 4.37. The number of pyridine rings is 1. The number of nitrogens with one attached hydrogen (secondary N) is 2. The van der Waals surface area contributed by atoms with Crippen molar-refractivity contribution in [1.29, 1.82) is 0 Å². The highest BCUT2D eigenvalue weighted by Crippen LogP contribution is 2.18. The van der Waals surface area contributed by atoms with E-state index in [4.69, 9.17) is 9.47 Å². The summed E-state index contributed by atoms with van der Waals surface area (Å²) in [7, 11) is 1.79. The zero-order valence-corrected chi connectivity index (χ0v) is 14.3. The van der Waals surface area contributed by atoms with Crippen molar-refractivity contribution in [2.24, 2.45) is 4.99 Å². The SMILES string of the molecule is CN=C(NCc1cccnc1N1CCOCC1)NCC1CCCO1. The molecule has 3 heterocycles. The number of rotatable bonds is 5. The molecule has 1 aromatic heterocycles. The molecule has 2 aliphatic rings. The number of ether oxygens (including phenoxy) is 2. The molecule has 0 spiro atoms. The van der Waals surface area contributed by atoms with E-state index in [0.29, 0.717) is 12.6 Å². The van der Waals surface area contributed by atoms with E-state index in [9.17, 15) is 0 Å². The van der Waals surface area contributed by atoms with Gasteiger partial charge in [-0.25, -0.2) is 4.98 Å². The van der Waals surface area contributed by atoms with Gasteiger partial charge in [-0.3, -0.25) is 4.99 Å². The van der Waals surface area contributed by atoms with E-state index in [2.05, 4.69) is 31.6 Å². The van der Waals surface area contributed by atoms with Crippen molar-refractivity contribution in [2.45, 2.75) is 25.5 Å². The van der Waals surface area contributed by atoms with Gasteiger partial charge in [-0.1, -0.05) is 6.07 Å². The van der Waals surface area contributed by atoms with Gasteiger partial charge in [0.25, 0.3) is 0 Å². The molecule has 0 aliphatic carbocycles. The molecule has 2 fully saturated rings. The normalized spacial score (nSPS) is 21.8. The Labute approximate surface area is 143 Å². The summed E-state index contributed by atoms with van der Waals surface area (Å²) < 4.78 is 11.1. The molecule has 3 rings (SSSR count). The summed E-state index contributed by atoms with van der Waals surface area (Å²) in [6.45, 7) is 5.64. The smallest absolute Gasteiger partial charge is 0.191 e. The van der Waals surface area contributed by atoms with Gasteiger partial charge in [-0.05, 0) is 18.9 Å². The maximum Gasteiger partial charge on any atom is 0.191 e. The average Bonchev–Trinajstić information content (AvgIpc) is 3.16. The fraction of sp³-hybridized carbons (Fsp3) is 0.647. The highest BCUT2D eigenvalue weighted by Gasteiger charge is 2.17. The highest BCUT2D eigenvalue weighted by molar-refractivity contribution is 5.79. The Morgan fingerprint density at radius 2 is 2.21 bits per heavy atom. The summed E-state index contributed by atoms with van der Waals surface area (Å²) in [4.78, 5) is 11.1. The first-order valence-electron chi connectivity index (χ1n) is 8.69. The summed E-state index contributed by atoms with van der Waals surface area (Å²) in [5.41, 5.74) is 1.17. The molecule has 2 saturated heterocycles. The van der Waals surface area contributed by atoms with Crippen molar-refractivity contribution in [2.75, 3.05) is 51.4 Å². The summed E-state index contributed by atoms with van der Waals surface area (Å²) in [5, 5.41) is 6.72. The third kappa shape index (κ3) is 4.58. The van der Waals surface area contributed by atoms with Gasteiger partial charge in [-0.2, -0.15) is 0 Å². The molecule has 0 radical (unpaired) electrons.